The van der Waals surface area contributed by atoms with Crippen molar-refractivity contribution in [2.45, 2.75) is 44.0 Å². The van der Waals surface area contributed by atoms with Crippen LogP contribution in [0.3, 0.4) is 0 Å². The molecule has 0 saturated carbocycles. The molecule has 2 rings (SSSR count). The topological polar surface area (TPSA) is 66.5 Å². The van der Waals surface area contributed by atoms with E-state index in [1.807, 2.05) is 19.1 Å². The number of likely N-dealkylation sites (tertiary alicyclic amines) is 1. The summed E-state index contributed by atoms with van der Waals surface area (Å²) in [6, 6.07) is 6.74. The molecular formula is C17H24N2O3S. The van der Waals surface area contributed by atoms with Gasteiger partial charge in [-0.3, -0.25) is 13.8 Å². The molecule has 0 bridgehead atoms. The van der Waals surface area contributed by atoms with E-state index in [9.17, 15) is 13.8 Å². The second-order valence-electron chi connectivity index (χ2n) is 5.93. The first-order valence-corrected chi connectivity index (χ1v) is 9.33. The molecule has 0 aromatic heterocycles. The fraction of sp³-hybridized carbons (Fsp3) is 0.529. The van der Waals surface area contributed by atoms with E-state index in [0.717, 1.165) is 37.9 Å². The summed E-state index contributed by atoms with van der Waals surface area (Å²) in [4.78, 5) is 26.8. The summed E-state index contributed by atoms with van der Waals surface area (Å²) in [5.41, 5.74) is 0.899. The first kappa shape index (κ1) is 17.7. The molecule has 1 heterocycles. The zero-order valence-electron chi connectivity index (χ0n) is 13.7. The first-order valence-electron chi connectivity index (χ1n) is 8.01. The minimum Gasteiger partial charge on any atom is -0.344 e. The maximum absolute atomic E-state index is 12.3. The van der Waals surface area contributed by atoms with E-state index in [4.69, 9.17) is 0 Å². The zero-order valence-corrected chi connectivity index (χ0v) is 14.5. The normalized spacial score (nSPS) is 17.4. The summed E-state index contributed by atoms with van der Waals surface area (Å²) in [6.45, 7) is 5.07. The first-order chi connectivity index (χ1) is 11.0. The third kappa shape index (κ3) is 4.89. The molecule has 1 N–H and O–H groups in total. The van der Waals surface area contributed by atoms with Gasteiger partial charge in [-0.15, -0.1) is 0 Å². The quantitative estimate of drug-likeness (QED) is 0.888. The molecular weight excluding hydrogens is 312 g/mol. The summed E-state index contributed by atoms with van der Waals surface area (Å²) in [5, 5.41) is 2.67. The van der Waals surface area contributed by atoms with Gasteiger partial charge in [-0.05, 0) is 44.7 Å². The zero-order chi connectivity index (χ0) is 16.8. The highest BCUT2D eigenvalue weighted by Gasteiger charge is 2.24. The van der Waals surface area contributed by atoms with Crippen LogP contribution in [0.15, 0.2) is 29.2 Å². The van der Waals surface area contributed by atoms with Crippen LogP contribution in [0.4, 0.5) is 0 Å². The fourth-order valence-corrected chi connectivity index (χ4v) is 3.88. The molecule has 2 amide bonds. The number of piperidine rings is 1. The number of aryl methyl sites for hydroxylation is 1. The lowest BCUT2D eigenvalue weighted by Gasteiger charge is -2.29. The average molecular weight is 336 g/mol. The number of hydrogen-bond acceptors (Lipinski definition) is 3. The average Bonchev–Trinajstić information content (AvgIpc) is 2.55. The molecule has 126 valence electrons. The van der Waals surface area contributed by atoms with Gasteiger partial charge in [0.05, 0.1) is 10.8 Å². The Morgan fingerprint density at radius 3 is 2.52 bits per heavy atom. The molecule has 2 atom stereocenters. The third-order valence-corrected chi connectivity index (χ3v) is 5.49. The lowest BCUT2D eigenvalue weighted by Crippen LogP contribution is -2.49. The number of benzene rings is 1. The lowest BCUT2D eigenvalue weighted by molar-refractivity contribution is -0.136. The largest absolute Gasteiger partial charge is 0.344 e. The van der Waals surface area contributed by atoms with E-state index in [-0.39, 0.29) is 17.6 Å². The highest BCUT2D eigenvalue weighted by Crippen LogP contribution is 2.13. The van der Waals surface area contributed by atoms with Crippen LogP contribution in [-0.2, 0) is 20.4 Å². The van der Waals surface area contributed by atoms with E-state index in [1.165, 1.54) is 0 Å². The molecule has 2 unspecified atom stereocenters. The predicted octanol–water partition coefficient (Wildman–Crippen LogP) is 1.62. The van der Waals surface area contributed by atoms with Crippen molar-refractivity contribution in [1.29, 1.82) is 0 Å². The van der Waals surface area contributed by atoms with E-state index in [2.05, 4.69) is 5.32 Å². The molecule has 6 heteroatoms. The van der Waals surface area contributed by atoms with E-state index >= 15 is 0 Å². The van der Waals surface area contributed by atoms with E-state index < -0.39 is 16.8 Å². The molecule has 0 spiro atoms. The molecule has 1 aromatic carbocycles. The Bertz CT molecular complexity index is 597. The minimum atomic E-state index is -1.40. The van der Waals surface area contributed by atoms with Crippen molar-refractivity contribution in [3.63, 3.8) is 0 Å². The smallest absolute Gasteiger partial charge is 0.244 e. The number of nitrogens with zero attached hydrogens (tertiary/aromatic N) is 1. The Kier molecular flexibility index (Phi) is 6.33. The van der Waals surface area contributed by atoms with Crippen molar-refractivity contribution < 1.29 is 13.8 Å². The highest BCUT2D eigenvalue weighted by atomic mass is 32.2. The van der Waals surface area contributed by atoms with Gasteiger partial charge in [0.2, 0.25) is 11.8 Å². The Labute approximate surface area is 139 Å². The summed E-state index contributed by atoms with van der Waals surface area (Å²) >= 11 is 0. The van der Waals surface area contributed by atoms with Gasteiger partial charge < -0.3 is 10.2 Å². The number of hydrogen-bond donors (Lipinski definition) is 1. The summed E-state index contributed by atoms with van der Waals surface area (Å²) in [5.74, 6) is -0.535. The van der Waals surface area contributed by atoms with Crippen LogP contribution in [0, 0.1) is 6.92 Å². The third-order valence-electron chi connectivity index (χ3n) is 4.02. The lowest BCUT2D eigenvalue weighted by atomic mass is 10.1. The highest BCUT2D eigenvalue weighted by molar-refractivity contribution is 7.85. The van der Waals surface area contributed by atoms with Gasteiger partial charge in [0.1, 0.15) is 11.8 Å². The number of amides is 2. The molecule has 1 aliphatic heterocycles. The molecule has 0 radical (unpaired) electrons. The molecule has 1 aromatic rings. The van der Waals surface area contributed by atoms with Crippen molar-refractivity contribution in [2.24, 2.45) is 0 Å². The Morgan fingerprint density at radius 2 is 1.87 bits per heavy atom. The van der Waals surface area contributed by atoms with Crippen LogP contribution in [0.2, 0.25) is 0 Å². The maximum Gasteiger partial charge on any atom is 0.244 e. The number of carbonyl (C=O) groups excluding carboxylic acids is 2. The Balaban J connectivity index is 1.87. The van der Waals surface area contributed by atoms with Crippen LogP contribution in [0.5, 0.6) is 0 Å². The van der Waals surface area contributed by atoms with Crippen LogP contribution in [0.25, 0.3) is 0 Å². The molecule has 1 fully saturated rings. The van der Waals surface area contributed by atoms with Crippen molar-refractivity contribution in [1.82, 2.24) is 10.2 Å². The SMILES string of the molecule is Cc1ccccc1S(=O)CC(=O)NC(C)C(=O)N1CCCCC1. The second-order valence-corrected chi connectivity index (χ2v) is 7.35. The van der Waals surface area contributed by atoms with E-state index in [0.29, 0.717) is 4.90 Å². The second kappa shape index (κ2) is 8.24. The number of rotatable bonds is 5. The predicted molar refractivity (Wildman–Crippen MR) is 90.5 cm³/mol. The minimum absolute atomic E-state index is 0.0558. The van der Waals surface area contributed by atoms with Crippen LogP contribution in [-0.4, -0.2) is 45.8 Å². The van der Waals surface area contributed by atoms with Crippen molar-refractivity contribution in [2.75, 3.05) is 18.8 Å². The number of nitrogens with one attached hydrogen (secondary N) is 1. The molecule has 0 aliphatic carbocycles. The van der Waals surface area contributed by atoms with Gasteiger partial charge in [0.15, 0.2) is 0 Å². The molecule has 5 nitrogen and oxygen atoms in total. The Morgan fingerprint density at radius 1 is 1.22 bits per heavy atom. The van der Waals surface area contributed by atoms with Gasteiger partial charge in [0, 0.05) is 18.0 Å². The van der Waals surface area contributed by atoms with Crippen LogP contribution < -0.4 is 5.32 Å². The van der Waals surface area contributed by atoms with Gasteiger partial charge in [-0.25, -0.2) is 0 Å². The summed E-state index contributed by atoms with van der Waals surface area (Å²) in [7, 11) is -1.40. The Hall–Kier alpha value is -1.69. The molecule has 1 aliphatic rings. The van der Waals surface area contributed by atoms with Crippen LogP contribution in [0.1, 0.15) is 31.7 Å². The standard InChI is InChI=1S/C17H24N2O3S/c1-13-8-4-5-9-15(13)23(22)12-16(20)18-14(2)17(21)19-10-6-3-7-11-19/h4-5,8-9,14H,3,6-7,10-12H2,1-2H3,(H,18,20). The van der Waals surface area contributed by atoms with Crippen molar-refractivity contribution in [3.8, 4) is 0 Å². The van der Waals surface area contributed by atoms with Gasteiger partial charge >= 0.3 is 0 Å². The van der Waals surface area contributed by atoms with Crippen molar-refractivity contribution >= 4 is 22.6 Å². The molecule has 1 saturated heterocycles. The van der Waals surface area contributed by atoms with Crippen LogP contribution >= 0.6 is 0 Å². The number of carbonyl (C=O) groups is 2. The van der Waals surface area contributed by atoms with Gasteiger partial charge in [-0.2, -0.15) is 0 Å². The summed E-state index contributed by atoms with van der Waals surface area (Å²) < 4.78 is 12.3. The van der Waals surface area contributed by atoms with Gasteiger partial charge in [-0.1, -0.05) is 18.2 Å². The fourth-order valence-electron chi connectivity index (χ4n) is 2.74. The summed E-state index contributed by atoms with van der Waals surface area (Å²) in [6.07, 6.45) is 3.19. The van der Waals surface area contributed by atoms with Gasteiger partial charge in [0.25, 0.3) is 0 Å². The monoisotopic (exact) mass is 336 g/mol. The molecule has 23 heavy (non-hydrogen) atoms. The maximum atomic E-state index is 12.3. The van der Waals surface area contributed by atoms with Crippen molar-refractivity contribution in [3.05, 3.63) is 29.8 Å². The van der Waals surface area contributed by atoms with E-state index in [1.54, 1.807) is 24.0 Å².